The Morgan fingerprint density at radius 1 is 0.625 bits per heavy atom. The zero-order valence-electron chi connectivity index (χ0n) is 50.4. The van der Waals surface area contributed by atoms with Gasteiger partial charge in [0, 0.05) is 23.5 Å². The topological polar surface area (TPSA) is 617 Å². The van der Waals surface area contributed by atoms with E-state index in [-0.39, 0.29) is 263 Å². The molecule has 0 saturated heterocycles. The van der Waals surface area contributed by atoms with Gasteiger partial charge >= 0.3 is 205 Å². The van der Waals surface area contributed by atoms with Crippen molar-refractivity contribution < 1.29 is 264 Å². The van der Waals surface area contributed by atoms with E-state index >= 15 is 0 Å². The minimum atomic E-state index is -5.14. The number of carbonyl (C=O) groups excluding carboxylic acids is 1. The maximum atomic E-state index is 13.0. The van der Waals surface area contributed by atoms with E-state index in [1.165, 1.54) is 44.2 Å². The van der Waals surface area contributed by atoms with Gasteiger partial charge < -0.3 is 56.1 Å². The molecule has 3 heterocycles. The molecular weight excluding hydrogens is 1500 g/mol. The average Bonchev–Trinajstić information content (AvgIpc) is 0.779. The maximum Gasteiger partial charge on any atom is 1.00 e. The van der Waals surface area contributed by atoms with E-state index in [9.17, 15) is 66.6 Å². The second kappa shape index (κ2) is 41.9. The van der Waals surface area contributed by atoms with E-state index in [1.807, 2.05) is 0 Å². The molecule has 9 N–H and O–H groups in total. The Morgan fingerprint density at radius 3 is 1.61 bits per heavy atom. The van der Waals surface area contributed by atoms with Crippen LogP contribution in [0.4, 0.5) is 74.1 Å². The summed E-state index contributed by atoms with van der Waals surface area (Å²) in [6.45, 7) is 2.56. The van der Waals surface area contributed by atoms with E-state index in [0.29, 0.717) is 5.69 Å². The van der Waals surface area contributed by atoms with E-state index < -0.39 is 117 Å². The summed E-state index contributed by atoms with van der Waals surface area (Å²) < 4.78 is 192. The Kier molecular flexibility index (Phi) is 41.1. The number of aromatic nitrogens is 7. The van der Waals surface area contributed by atoms with Gasteiger partial charge in [0.1, 0.15) is 37.3 Å². The number of rotatable bonds is 17. The summed E-state index contributed by atoms with van der Waals surface area (Å²) in [5, 5.41) is 35.8. The van der Waals surface area contributed by atoms with E-state index in [0.717, 1.165) is 34.9 Å². The minimum absolute atomic E-state index is 0. The number of benzene rings is 5. The van der Waals surface area contributed by atoms with Gasteiger partial charge in [-0.3, -0.25) is 17.8 Å². The van der Waals surface area contributed by atoms with Gasteiger partial charge in [0.25, 0.3) is 5.56 Å². The number of carbonyl (C=O) groups is 1. The van der Waals surface area contributed by atoms with Crippen LogP contribution in [0, 0.1) is 19.1 Å². The van der Waals surface area contributed by atoms with Crippen LogP contribution >= 0.6 is 23.2 Å². The van der Waals surface area contributed by atoms with Crippen molar-refractivity contribution in [1.82, 2.24) is 34.5 Å². The molecule has 96 heavy (non-hydrogen) atoms. The average molecular weight is 1540 g/mol. The number of nitrogens with two attached hydrogens (primary N) is 2. The van der Waals surface area contributed by atoms with Gasteiger partial charge in [-0.15, -0.1) is 62.5 Å². The molecule has 0 atom stereocenters. The van der Waals surface area contributed by atoms with E-state index in [1.54, 1.807) is 24.3 Å². The van der Waals surface area contributed by atoms with Crippen LogP contribution in [0.15, 0.2) is 125 Å². The molecular formula is C44H33Cl2N17Na6O21S6. The van der Waals surface area contributed by atoms with E-state index in [4.69, 9.17) is 59.9 Å². The minimum Gasteiger partial charge on any atom is -0.754 e. The van der Waals surface area contributed by atoms with Gasteiger partial charge in [0.2, 0.25) is 34.4 Å². The second-order valence-corrected chi connectivity index (χ2v) is 23.5. The third-order valence-corrected chi connectivity index (χ3v) is 14.1. The zero-order valence-corrected chi connectivity index (χ0v) is 68.8. The van der Waals surface area contributed by atoms with Crippen LogP contribution < -0.4 is 216 Å². The molecule has 5 aromatic carbocycles. The van der Waals surface area contributed by atoms with Gasteiger partial charge in [0.15, 0.2) is 11.6 Å². The number of nitrogens with zero attached hydrogens (tertiary/aromatic N) is 11. The molecule has 0 aliphatic carbocycles. The molecule has 0 saturated carbocycles. The van der Waals surface area contributed by atoms with Gasteiger partial charge in [-0.05, 0) is 90.0 Å². The first-order chi connectivity index (χ1) is 41.8. The van der Waals surface area contributed by atoms with Crippen molar-refractivity contribution >= 4 is 171 Å². The summed E-state index contributed by atoms with van der Waals surface area (Å²) >= 11 is 11.8. The van der Waals surface area contributed by atoms with Crippen molar-refractivity contribution in [3.8, 4) is 5.88 Å². The van der Waals surface area contributed by atoms with Crippen LogP contribution in [-0.4, -0.2) is 123 Å². The second-order valence-electron chi connectivity index (χ2n) is 16.5. The number of halogens is 2. The summed E-state index contributed by atoms with van der Waals surface area (Å²) in [6, 6.07) is 22.2. The fraction of sp³-hybridized carbons (Fsp3) is 0.0909. The number of urea groups is 1. The van der Waals surface area contributed by atoms with Gasteiger partial charge in [-0.2, -0.15) is 72.4 Å². The first-order valence-electron chi connectivity index (χ1n) is 23.1. The molecule has 0 aliphatic rings. The number of anilines is 8. The monoisotopic (exact) mass is 1530 g/mol. The number of aromatic hydroxyl groups is 1. The first-order valence-corrected chi connectivity index (χ1v) is 31.7. The Morgan fingerprint density at radius 2 is 1.11 bits per heavy atom. The largest absolute Gasteiger partial charge is 1.00 e. The van der Waals surface area contributed by atoms with Gasteiger partial charge in [0.05, 0.1) is 41.5 Å². The molecule has 0 spiro atoms. The summed E-state index contributed by atoms with van der Waals surface area (Å²) in [5.74, 6) is -2.11. The molecule has 52 heteroatoms. The predicted molar refractivity (Wildman–Crippen MR) is 306 cm³/mol. The van der Waals surface area contributed by atoms with Crippen LogP contribution in [0.2, 0.25) is 10.6 Å². The van der Waals surface area contributed by atoms with Crippen molar-refractivity contribution in [3.05, 3.63) is 129 Å². The summed E-state index contributed by atoms with van der Waals surface area (Å²) in [7, 11) is -26.3. The third kappa shape index (κ3) is 29.8. The number of primary amides is 1. The van der Waals surface area contributed by atoms with Crippen molar-refractivity contribution in [1.29, 1.82) is 0 Å². The van der Waals surface area contributed by atoms with Crippen LogP contribution in [-0.2, 0) is 74.0 Å². The van der Waals surface area contributed by atoms with Crippen LogP contribution in [0.3, 0.4) is 0 Å². The number of hydrogen-bond donors (Lipinski definition) is 7. The fourth-order valence-electron chi connectivity index (χ4n) is 7.08. The molecule has 8 rings (SSSR count). The molecule has 0 unspecified atom stereocenters. The van der Waals surface area contributed by atoms with Crippen molar-refractivity contribution in [2.45, 2.75) is 40.8 Å². The number of pyridine rings is 1. The van der Waals surface area contributed by atoms with Crippen molar-refractivity contribution in [3.63, 3.8) is 0 Å². The van der Waals surface area contributed by atoms with Crippen LogP contribution in [0.25, 0.3) is 10.8 Å². The molecule has 0 aliphatic heterocycles. The quantitative estimate of drug-likeness (QED) is 0.0193. The summed E-state index contributed by atoms with van der Waals surface area (Å²) in [6.07, 6.45) is 0. The summed E-state index contributed by atoms with van der Waals surface area (Å²) in [4.78, 5) is 45.6. The molecule has 38 nitrogen and oxygen atoms in total. The molecule has 476 valence electrons. The number of fused-ring (bicyclic) bond motifs is 1. The fourth-order valence-corrected chi connectivity index (χ4v) is 9.98. The SMILES string of the molecule is CCn1c(O)c(CS(=O)(=O)[O-])c(C)c(N=Nc2cc(Nc3nc(Cl)nc(Nc4c[c-]ccc4)n3)ccc2S(=O)(=O)[O-])c1=O.NC(=O)Nc1cc(Nc2nc(N)nc(Cl)n2)ccc1N=Nc1cc2c(S(=O)(=O)[O-])c[c-]cc2cc1S(=O)(=O)[O-].O=S(=O)=O.O=S(=O)=O.[Na+].[Na+].[Na+].[Na+].[Na+].[Na+]. The van der Waals surface area contributed by atoms with E-state index in [2.05, 4.69) is 83.8 Å². The number of nitrogen functional groups attached to an aromatic ring is 1. The van der Waals surface area contributed by atoms with Gasteiger partial charge in [-0.1, -0.05) is 11.8 Å². The molecule has 0 fully saturated rings. The molecule has 8 aromatic rings. The Balaban J connectivity index is 0. The number of nitrogens with one attached hydrogen (secondary N) is 4. The molecule has 0 bridgehead atoms. The van der Waals surface area contributed by atoms with Crippen molar-refractivity contribution in [2.75, 3.05) is 27.0 Å². The Hall–Kier alpha value is -3.74. The first kappa shape index (κ1) is 94.3. The molecule has 2 amide bonds. The van der Waals surface area contributed by atoms with Crippen LogP contribution in [0.1, 0.15) is 18.1 Å². The van der Waals surface area contributed by atoms with Gasteiger partial charge in [-0.25, -0.2) is 30.0 Å². The maximum absolute atomic E-state index is 13.0. The van der Waals surface area contributed by atoms with Crippen LogP contribution in [0.5, 0.6) is 5.88 Å². The number of azo groups is 2. The molecule has 3 aromatic heterocycles. The number of amides is 2. The predicted octanol–water partition coefficient (Wildman–Crippen LogP) is -14.1. The standard InChI is InChI=1S/C24H22ClN8O8S2.C20H15ClN9O7S2.6Na.2O3S/c1-3-33-20(34)16(12-42(36,37)38)13(2)19(21(33)35)32-31-17-11-15(9-10-18(17)43(39,40)41)27-24-29-22(25)28-23(30-24)26-14-7-5-4-6-8-14;21-17-26-18(22)28-20(27-17)24-10-4-5-12(13(7-10)25-19(23)31)29-30-14-8-11-9(6-16(14)39(35,36)37)2-1-3-15(11)38(32,33)34;;;;;;;2*1-4(2)3/h4-5,7-11,34H,3,12H2,1-2H3,(H,36,37,38)(H,39,40,41)(H2,26,27,28,29,30);2-8H,(H3,23,25,31)(H,32,33,34)(H,35,36,37)(H3,22,24,26,27,28);;;;;;;;/q2*-1;6*+1;;/p-4. The Bertz CT molecular complexity index is 4940. The zero-order chi connectivity index (χ0) is 67.2. The number of hydrogen-bond acceptors (Lipinski definition) is 35. The smallest absolute Gasteiger partial charge is 0.754 e. The Labute approximate surface area is 688 Å². The molecule has 0 radical (unpaired) electrons. The summed E-state index contributed by atoms with van der Waals surface area (Å²) in [5.41, 5.74) is 8.60. The normalized spacial score (nSPS) is 10.8. The van der Waals surface area contributed by atoms with Crippen molar-refractivity contribution in [2.24, 2.45) is 26.2 Å². The third-order valence-electron chi connectivity index (χ3n) is 10.5.